The van der Waals surface area contributed by atoms with Gasteiger partial charge in [0.05, 0.1) is 11.6 Å². The van der Waals surface area contributed by atoms with Crippen molar-refractivity contribution >= 4 is 11.9 Å². The number of ether oxygens (including phenoxy) is 2. The third kappa shape index (κ3) is 5.49. The van der Waals surface area contributed by atoms with Crippen LogP contribution >= 0.6 is 0 Å². The van der Waals surface area contributed by atoms with E-state index < -0.39 is 5.97 Å². The molecule has 2 aromatic carbocycles. The molecule has 2 saturated heterocycles. The van der Waals surface area contributed by atoms with Crippen LogP contribution in [0.3, 0.4) is 0 Å². The number of carboxylic acids is 1. The van der Waals surface area contributed by atoms with Crippen molar-refractivity contribution in [3.8, 4) is 17.0 Å². The van der Waals surface area contributed by atoms with E-state index in [2.05, 4.69) is 28.9 Å². The van der Waals surface area contributed by atoms with Gasteiger partial charge in [-0.3, -0.25) is 9.69 Å². The summed E-state index contributed by atoms with van der Waals surface area (Å²) in [4.78, 5) is 25.2. The number of carbonyl (C=O) groups is 1. The van der Waals surface area contributed by atoms with Gasteiger partial charge in [-0.25, -0.2) is 9.97 Å². The summed E-state index contributed by atoms with van der Waals surface area (Å²) >= 11 is 0. The Morgan fingerprint density at radius 3 is 2.77 bits per heavy atom. The molecule has 0 radical (unpaired) electrons. The third-order valence-corrected chi connectivity index (χ3v) is 8.55. The van der Waals surface area contributed by atoms with Crippen molar-refractivity contribution in [3.63, 3.8) is 0 Å². The summed E-state index contributed by atoms with van der Waals surface area (Å²) in [5.74, 6) is 0.195. The van der Waals surface area contributed by atoms with E-state index in [1.807, 2.05) is 35.2 Å². The highest BCUT2D eigenvalue weighted by Gasteiger charge is 2.30. The second-order valence-electron chi connectivity index (χ2n) is 10.8. The first-order chi connectivity index (χ1) is 19.1. The van der Waals surface area contributed by atoms with Gasteiger partial charge >= 0.3 is 5.97 Å². The Balaban J connectivity index is 1.16. The molecule has 3 aromatic rings. The van der Waals surface area contributed by atoms with E-state index in [-0.39, 0.29) is 5.92 Å². The van der Waals surface area contributed by atoms with E-state index in [4.69, 9.17) is 14.5 Å². The Bertz CT molecular complexity index is 1340. The first-order valence-corrected chi connectivity index (χ1v) is 14.0. The minimum absolute atomic E-state index is 0.377. The van der Waals surface area contributed by atoms with Crippen LogP contribution in [0.5, 0.6) is 5.75 Å². The number of anilines is 1. The van der Waals surface area contributed by atoms with E-state index in [0.717, 1.165) is 62.6 Å². The molecule has 204 valence electrons. The van der Waals surface area contributed by atoms with Gasteiger partial charge in [-0.15, -0.1) is 0 Å². The van der Waals surface area contributed by atoms with Crippen LogP contribution in [0.15, 0.2) is 48.7 Å². The molecule has 2 fully saturated rings. The Labute approximate surface area is 229 Å². The van der Waals surface area contributed by atoms with E-state index in [0.29, 0.717) is 38.1 Å². The molecule has 1 unspecified atom stereocenters. The zero-order valence-corrected chi connectivity index (χ0v) is 22.5. The molecule has 0 bridgehead atoms. The summed E-state index contributed by atoms with van der Waals surface area (Å²) < 4.78 is 12.0. The largest absolute Gasteiger partial charge is 0.488 e. The predicted molar refractivity (Wildman–Crippen MR) is 149 cm³/mol. The van der Waals surface area contributed by atoms with Crippen molar-refractivity contribution in [3.05, 3.63) is 70.9 Å². The van der Waals surface area contributed by atoms with Crippen LogP contribution in [0, 0.1) is 12.8 Å². The molecule has 6 rings (SSSR count). The number of aromatic nitrogens is 2. The lowest BCUT2D eigenvalue weighted by molar-refractivity contribution is -0.140. The molecule has 0 saturated carbocycles. The molecule has 3 aliphatic rings. The van der Waals surface area contributed by atoms with Crippen LogP contribution in [-0.2, 0) is 29.1 Å². The van der Waals surface area contributed by atoms with Crippen LogP contribution in [0.25, 0.3) is 11.3 Å². The first kappa shape index (κ1) is 25.8. The number of rotatable bonds is 7. The van der Waals surface area contributed by atoms with Gasteiger partial charge in [0, 0.05) is 57.2 Å². The van der Waals surface area contributed by atoms with Crippen molar-refractivity contribution in [2.75, 3.05) is 37.7 Å². The van der Waals surface area contributed by atoms with Gasteiger partial charge in [0.2, 0.25) is 5.95 Å². The molecule has 8 heteroatoms. The monoisotopic (exact) mass is 528 g/mol. The Hall–Kier alpha value is -3.49. The van der Waals surface area contributed by atoms with Crippen LogP contribution in [-0.4, -0.2) is 64.8 Å². The maximum Gasteiger partial charge on any atom is 0.308 e. The summed E-state index contributed by atoms with van der Waals surface area (Å²) in [6.45, 7) is 7.67. The Morgan fingerprint density at radius 1 is 1.10 bits per heavy atom. The molecule has 4 heterocycles. The Morgan fingerprint density at radius 2 is 1.95 bits per heavy atom. The standard InChI is InChI=1S/C31H36N4O4/c1-21-24(7-6-22-18-34(15-10-26(21)22)25-11-16-38-17-12-25)20-39-29-5-3-2-4-27(29)28-8-13-32-31(33-28)35-14-9-23(19-35)30(36)37/h2-8,13,23,25H,9-12,14-20H2,1H3,(H,36,37). The quantitative estimate of drug-likeness (QED) is 0.480. The number of benzene rings is 2. The average molecular weight is 529 g/mol. The zero-order valence-electron chi connectivity index (χ0n) is 22.5. The zero-order chi connectivity index (χ0) is 26.8. The number of hydrogen-bond donors (Lipinski definition) is 1. The molecular formula is C31H36N4O4. The third-order valence-electron chi connectivity index (χ3n) is 8.55. The molecule has 0 spiro atoms. The molecular weight excluding hydrogens is 492 g/mol. The fraction of sp³-hybridized carbons (Fsp3) is 0.452. The number of para-hydroxylation sites is 1. The summed E-state index contributed by atoms with van der Waals surface area (Å²) in [6.07, 6.45) is 5.69. The van der Waals surface area contributed by atoms with Gasteiger partial charge in [0.1, 0.15) is 12.4 Å². The summed E-state index contributed by atoms with van der Waals surface area (Å²) in [5, 5.41) is 9.36. The molecule has 3 aliphatic heterocycles. The van der Waals surface area contributed by atoms with Crippen molar-refractivity contribution in [2.45, 2.75) is 51.8 Å². The average Bonchev–Trinajstić information content (AvgIpc) is 3.49. The second-order valence-corrected chi connectivity index (χ2v) is 10.8. The molecule has 39 heavy (non-hydrogen) atoms. The van der Waals surface area contributed by atoms with Gasteiger partial charge in [0.15, 0.2) is 0 Å². The van der Waals surface area contributed by atoms with E-state index in [1.54, 1.807) is 6.20 Å². The lowest BCUT2D eigenvalue weighted by atomic mass is 9.90. The minimum atomic E-state index is -0.762. The summed E-state index contributed by atoms with van der Waals surface area (Å²) in [5.41, 5.74) is 7.13. The van der Waals surface area contributed by atoms with Gasteiger partial charge in [-0.05, 0) is 73.1 Å². The van der Waals surface area contributed by atoms with Crippen molar-refractivity contribution in [1.82, 2.24) is 14.9 Å². The highest BCUT2D eigenvalue weighted by atomic mass is 16.5. The number of carboxylic acid groups (broad SMARTS) is 1. The summed E-state index contributed by atoms with van der Waals surface area (Å²) in [6, 6.07) is 15.0. The lowest BCUT2D eigenvalue weighted by Crippen LogP contribution is -2.42. The van der Waals surface area contributed by atoms with Gasteiger partial charge in [-0.2, -0.15) is 0 Å². The van der Waals surface area contributed by atoms with E-state index in [9.17, 15) is 9.90 Å². The van der Waals surface area contributed by atoms with Gasteiger partial charge in [0.25, 0.3) is 0 Å². The molecule has 0 amide bonds. The van der Waals surface area contributed by atoms with Crippen molar-refractivity contribution in [2.24, 2.45) is 5.92 Å². The van der Waals surface area contributed by atoms with Crippen molar-refractivity contribution in [1.29, 1.82) is 0 Å². The molecule has 1 atom stereocenters. The van der Waals surface area contributed by atoms with Crippen LogP contribution in [0.1, 0.15) is 41.5 Å². The molecule has 1 N–H and O–H groups in total. The maximum atomic E-state index is 11.4. The number of hydrogen-bond acceptors (Lipinski definition) is 7. The van der Waals surface area contributed by atoms with Crippen LogP contribution < -0.4 is 9.64 Å². The number of aliphatic carboxylic acids is 1. The maximum absolute atomic E-state index is 11.4. The van der Waals surface area contributed by atoms with Crippen molar-refractivity contribution < 1.29 is 19.4 Å². The van der Waals surface area contributed by atoms with E-state index >= 15 is 0 Å². The second kappa shape index (κ2) is 11.3. The number of nitrogens with zero attached hydrogens (tertiary/aromatic N) is 4. The first-order valence-electron chi connectivity index (χ1n) is 14.0. The Kier molecular flexibility index (Phi) is 7.48. The normalized spacial score (nSPS) is 20.1. The fourth-order valence-electron chi connectivity index (χ4n) is 6.18. The highest BCUT2D eigenvalue weighted by molar-refractivity contribution is 5.72. The smallest absolute Gasteiger partial charge is 0.308 e. The van der Waals surface area contributed by atoms with Gasteiger partial charge < -0.3 is 19.5 Å². The fourth-order valence-corrected chi connectivity index (χ4v) is 6.18. The predicted octanol–water partition coefficient (Wildman–Crippen LogP) is 4.48. The lowest BCUT2D eigenvalue weighted by Gasteiger charge is -2.38. The van der Waals surface area contributed by atoms with E-state index in [1.165, 1.54) is 22.3 Å². The van der Waals surface area contributed by atoms with Crippen LogP contribution in [0.2, 0.25) is 0 Å². The SMILES string of the molecule is Cc1c(COc2ccccc2-c2ccnc(N3CCC(C(=O)O)C3)n2)ccc2c1CCN(C1CCOCC1)C2. The highest BCUT2D eigenvalue weighted by Crippen LogP contribution is 2.32. The molecule has 1 aromatic heterocycles. The van der Waals surface area contributed by atoms with Gasteiger partial charge in [-0.1, -0.05) is 24.3 Å². The molecule has 0 aliphatic carbocycles. The topological polar surface area (TPSA) is 88.0 Å². The minimum Gasteiger partial charge on any atom is -0.488 e. The summed E-state index contributed by atoms with van der Waals surface area (Å²) in [7, 11) is 0. The van der Waals surface area contributed by atoms with Crippen LogP contribution in [0.4, 0.5) is 5.95 Å². The number of fused-ring (bicyclic) bond motifs is 1. The molecule has 8 nitrogen and oxygen atoms in total.